The van der Waals surface area contributed by atoms with Gasteiger partial charge in [-0.3, -0.25) is 9.69 Å². The van der Waals surface area contributed by atoms with Gasteiger partial charge in [-0.05, 0) is 31.5 Å². The van der Waals surface area contributed by atoms with Crippen LogP contribution in [0.4, 0.5) is 0 Å². The maximum atomic E-state index is 10.5. The normalized spacial score (nSPS) is 12.7. The van der Waals surface area contributed by atoms with E-state index in [-0.39, 0.29) is 12.5 Å². The first-order valence-electron chi connectivity index (χ1n) is 6.05. The number of carboxylic acids is 1. The Morgan fingerprint density at radius 1 is 1.35 bits per heavy atom. The summed E-state index contributed by atoms with van der Waals surface area (Å²) in [7, 11) is 1.96. The van der Waals surface area contributed by atoms with Crippen LogP contribution in [0.5, 0.6) is 0 Å². The second kappa shape index (κ2) is 6.40. The fourth-order valence-electron chi connectivity index (χ4n) is 1.75. The van der Waals surface area contributed by atoms with Crippen LogP contribution < -0.4 is 0 Å². The molecule has 3 heteroatoms. The van der Waals surface area contributed by atoms with E-state index in [1.807, 2.05) is 7.05 Å². The van der Waals surface area contributed by atoms with Crippen LogP contribution in [0.3, 0.4) is 0 Å². The molecule has 0 bridgehead atoms. The number of benzene rings is 1. The zero-order valence-electron chi connectivity index (χ0n) is 10.8. The van der Waals surface area contributed by atoms with Gasteiger partial charge in [-0.25, -0.2) is 0 Å². The smallest absolute Gasteiger partial charge is 0.304 e. The second-order valence-electron chi connectivity index (χ2n) is 4.40. The first-order valence-corrected chi connectivity index (χ1v) is 6.05. The Bertz CT molecular complexity index is 359. The van der Waals surface area contributed by atoms with Gasteiger partial charge in [0.15, 0.2) is 0 Å². The lowest BCUT2D eigenvalue weighted by Gasteiger charge is -2.24. The van der Waals surface area contributed by atoms with Gasteiger partial charge < -0.3 is 5.11 Å². The molecule has 0 aliphatic rings. The number of carbonyl (C=O) groups is 1. The van der Waals surface area contributed by atoms with Gasteiger partial charge in [-0.2, -0.15) is 0 Å². The van der Waals surface area contributed by atoms with E-state index in [4.69, 9.17) is 5.11 Å². The standard InChI is InChI=1S/C14H21NO2/c1-4-12-5-7-13(8-6-12)11(2)15(3)10-9-14(16)17/h5-8,11H,4,9-10H2,1-3H3,(H,16,17). The van der Waals surface area contributed by atoms with Crippen LogP contribution in [-0.4, -0.2) is 29.6 Å². The molecule has 94 valence electrons. The van der Waals surface area contributed by atoms with Gasteiger partial charge >= 0.3 is 5.97 Å². The highest BCUT2D eigenvalue weighted by molar-refractivity contribution is 5.66. The lowest BCUT2D eigenvalue weighted by molar-refractivity contribution is -0.137. The van der Waals surface area contributed by atoms with Gasteiger partial charge in [-0.1, -0.05) is 31.2 Å². The summed E-state index contributed by atoms with van der Waals surface area (Å²) in [5.41, 5.74) is 2.56. The van der Waals surface area contributed by atoms with Gasteiger partial charge in [0.05, 0.1) is 6.42 Å². The summed E-state index contributed by atoms with van der Waals surface area (Å²) < 4.78 is 0. The minimum atomic E-state index is -0.745. The van der Waals surface area contributed by atoms with E-state index in [0.717, 1.165) is 6.42 Å². The summed E-state index contributed by atoms with van der Waals surface area (Å²) in [6, 6.07) is 8.77. The van der Waals surface area contributed by atoms with Crippen molar-refractivity contribution in [1.82, 2.24) is 4.90 Å². The summed E-state index contributed by atoms with van der Waals surface area (Å²) in [6.45, 7) is 4.81. The highest BCUT2D eigenvalue weighted by Crippen LogP contribution is 2.19. The molecule has 0 spiro atoms. The molecule has 1 aromatic carbocycles. The van der Waals surface area contributed by atoms with E-state index in [0.29, 0.717) is 6.54 Å². The van der Waals surface area contributed by atoms with Crippen LogP contribution in [0, 0.1) is 0 Å². The van der Waals surface area contributed by atoms with E-state index in [2.05, 4.69) is 43.0 Å². The zero-order valence-corrected chi connectivity index (χ0v) is 10.8. The Morgan fingerprint density at radius 3 is 2.41 bits per heavy atom. The monoisotopic (exact) mass is 235 g/mol. The van der Waals surface area contributed by atoms with Gasteiger partial charge in [-0.15, -0.1) is 0 Å². The Kier molecular flexibility index (Phi) is 5.16. The van der Waals surface area contributed by atoms with Crippen molar-refractivity contribution in [3.63, 3.8) is 0 Å². The molecule has 0 amide bonds. The largest absolute Gasteiger partial charge is 0.481 e. The molecule has 1 rings (SSSR count). The molecule has 0 saturated heterocycles. The number of nitrogens with zero attached hydrogens (tertiary/aromatic N) is 1. The van der Waals surface area contributed by atoms with E-state index < -0.39 is 5.97 Å². The van der Waals surface area contributed by atoms with Crippen molar-refractivity contribution in [2.45, 2.75) is 32.7 Å². The van der Waals surface area contributed by atoms with Crippen molar-refractivity contribution in [3.05, 3.63) is 35.4 Å². The average molecular weight is 235 g/mol. The molecule has 0 radical (unpaired) electrons. The Balaban J connectivity index is 2.60. The van der Waals surface area contributed by atoms with Gasteiger partial charge in [0.1, 0.15) is 0 Å². The van der Waals surface area contributed by atoms with E-state index in [9.17, 15) is 4.79 Å². The molecule has 1 aromatic rings. The van der Waals surface area contributed by atoms with Crippen molar-refractivity contribution >= 4 is 5.97 Å². The molecule has 1 unspecified atom stereocenters. The number of aliphatic carboxylic acids is 1. The molecule has 0 fully saturated rings. The average Bonchev–Trinajstić information content (AvgIpc) is 2.35. The Labute approximate surface area is 103 Å². The lowest BCUT2D eigenvalue weighted by atomic mass is 10.0. The summed E-state index contributed by atoms with van der Waals surface area (Å²) >= 11 is 0. The molecular formula is C14H21NO2. The van der Waals surface area contributed by atoms with E-state index >= 15 is 0 Å². The van der Waals surface area contributed by atoms with E-state index in [1.165, 1.54) is 11.1 Å². The Hall–Kier alpha value is -1.35. The third kappa shape index (κ3) is 4.19. The molecule has 0 saturated carbocycles. The van der Waals surface area contributed by atoms with Crippen LogP contribution in [0.25, 0.3) is 0 Å². The van der Waals surface area contributed by atoms with Crippen molar-refractivity contribution < 1.29 is 9.90 Å². The highest BCUT2D eigenvalue weighted by atomic mass is 16.4. The summed E-state index contributed by atoms with van der Waals surface area (Å²) in [5, 5.41) is 8.66. The van der Waals surface area contributed by atoms with Crippen molar-refractivity contribution in [3.8, 4) is 0 Å². The summed E-state index contributed by atoms with van der Waals surface area (Å²) in [6.07, 6.45) is 1.23. The fourth-order valence-corrected chi connectivity index (χ4v) is 1.75. The SMILES string of the molecule is CCc1ccc(C(C)N(C)CCC(=O)O)cc1. The molecule has 0 heterocycles. The molecule has 3 nitrogen and oxygen atoms in total. The van der Waals surface area contributed by atoms with Crippen LogP contribution in [0.15, 0.2) is 24.3 Å². The van der Waals surface area contributed by atoms with Crippen molar-refractivity contribution in [1.29, 1.82) is 0 Å². The van der Waals surface area contributed by atoms with Gasteiger partial charge in [0.2, 0.25) is 0 Å². The molecule has 1 atom stereocenters. The second-order valence-corrected chi connectivity index (χ2v) is 4.40. The van der Waals surface area contributed by atoms with Crippen LogP contribution >= 0.6 is 0 Å². The first-order chi connectivity index (χ1) is 8.04. The van der Waals surface area contributed by atoms with Crippen molar-refractivity contribution in [2.24, 2.45) is 0 Å². The van der Waals surface area contributed by atoms with Crippen molar-refractivity contribution in [2.75, 3.05) is 13.6 Å². The van der Waals surface area contributed by atoms with E-state index in [1.54, 1.807) is 0 Å². The molecular weight excluding hydrogens is 214 g/mol. The minimum absolute atomic E-state index is 0.188. The third-order valence-electron chi connectivity index (χ3n) is 3.21. The zero-order chi connectivity index (χ0) is 12.8. The maximum Gasteiger partial charge on any atom is 0.304 e. The fraction of sp³-hybridized carbons (Fsp3) is 0.500. The van der Waals surface area contributed by atoms with Crippen LogP contribution in [0.1, 0.15) is 37.4 Å². The molecule has 1 N–H and O–H groups in total. The third-order valence-corrected chi connectivity index (χ3v) is 3.21. The molecule has 0 aromatic heterocycles. The number of hydrogen-bond donors (Lipinski definition) is 1. The van der Waals surface area contributed by atoms with Crippen LogP contribution in [-0.2, 0) is 11.2 Å². The number of hydrogen-bond acceptors (Lipinski definition) is 2. The maximum absolute atomic E-state index is 10.5. The lowest BCUT2D eigenvalue weighted by Crippen LogP contribution is -2.25. The predicted molar refractivity (Wildman–Crippen MR) is 69.1 cm³/mol. The van der Waals surface area contributed by atoms with Gasteiger partial charge in [0.25, 0.3) is 0 Å². The van der Waals surface area contributed by atoms with Crippen LogP contribution in [0.2, 0.25) is 0 Å². The predicted octanol–water partition coefficient (Wildman–Crippen LogP) is 2.72. The minimum Gasteiger partial charge on any atom is -0.481 e. The summed E-state index contributed by atoms with van der Waals surface area (Å²) in [4.78, 5) is 12.6. The summed E-state index contributed by atoms with van der Waals surface area (Å²) in [5.74, 6) is -0.745. The van der Waals surface area contributed by atoms with Gasteiger partial charge in [0, 0.05) is 12.6 Å². The topological polar surface area (TPSA) is 40.5 Å². The molecule has 17 heavy (non-hydrogen) atoms. The first kappa shape index (κ1) is 13.7. The quantitative estimate of drug-likeness (QED) is 0.824. The number of rotatable bonds is 6. The molecule has 0 aliphatic heterocycles. The Morgan fingerprint density at radius 2 is 1.94 bits per heavy atom. The molecule has 0 aliphatic carbocycles. The number of aryl methyl sites for hydroxylation is 1. The highest BCUT2D eigenvalue weighted by Gasteiger charge is 2.12. The number of carboxylic acid groups (broad SMARTS) is 1.